The van der Waals surface area contributed by atoms with Crippen LogP contribution in [0.3, 0.4) is 0 Å². The van der Waals surface area contributed by atoms with Gasteiger partial charge in [-0.1, -0.05) is 71.9 Å². The van der Waals surface area contributed by atoms with Crippen molar-refractivity contribution in [2.45, 2.75) is 91.4 Å². The molecule has 202 valence electrons. The fourth-order valence-electron chi connectivity index (χ4n) is 4.00. The van der Waals surface area contributed by atoms with E-state index in [9.17, 15) is 24.3 Å². The normalized spacial score (nSPS) is 14.8. The summed E-state index contributed by atoms with van der Waals surface area (Å²) in [5.74, 6) is -2.33. The number of carbonyl (C=O) groups is 4. The number of rotatable bonds is 16. The number of aliphatic carboxylic acids is 1. The predicted molar refractivity (Wildman–Crippen MR) is 140 cm³/mol. The van der Waals surface area contributed by atoms with Gasteiger partial charge in [0.2, 0.25) is 17.7 Å². The highest BCUT2D eigenvalue weighted by atomic mass is 16.4. The van der Waals surface area contributed by atoms with Gasteiger partial charge in [0.25, 0.3) is 0 Å². The van der Waals surface area contributed by atoms with E-state index in [0.29, 0.717) is 19.3 Å². The number of benzene rings is 1. The van der Waals surface area contributed by atoms with Crippen LogP contribution < -0.4 is 21.7 Å². The summed E-state index contributed by atoms with van der Waals surface area (Å²) in [5.41, 5.74) is 6.40. The Morgan fingerprint density at radius 1 is 0.722 bits per heavy atom. The molecule has 1 aromatic rings. The van der Waals surface area contributed by atoms with E-state index in [1.54, 1.807) is 0 Å². The summed E-state index contributed by atoms with van der Waals surface area (Å²) in [6.45, 7) is 11.6. The number of amides is 3. The number of carboxylic acid groups (broad SMARTS) is 1. The Kier molecular flexibility index (Phi) is 13.2. The molecule has 0 saturated heterocycles. The molecule has 36 heavy (non-hydrogen) atoms. The summed E-state index contributed by atoms with van der Waals surface area (Å²) in [6.07, 6.45) is 1.35. The molecule has 0 aromatic heterocycles. The molecule has 3 amide bonds. The predicted octanol–water partition coefficient (Wildman–Crippen LogP) is 2.23. The topological polar surface area (TPSA) is 151 Å². The Morgan fingerprint density at radius 3 is 1.64 bits per heavy atom. The first-order chi connectivity index (χ1) is 16.8. The van der Waals surface area contributed by atoms with Crippen molar-refractivity contribution in [3.05, 3.63) is 35.9 Å². The van der Waals surface area contributed by atoms with Crippen molar-refractivity contribution < 1.29 is 24.3 Å². The highest BCUT2D eigenvalue weighted by Gasteiger charge is 2.31. The minimum absolute atomic E-state index is 0.0754. The first kappa shape index (κ1) is 31.1. The van der Waals surface area contributed by atoms with Crippen molar-refractivity contribution in [1.82, 2.24) is 16.0 Å². The summed E-state index contributed by atoms with van der Waals surface area (Å²) in [4.78, 5) is 50.3. The fourth-order valence-corrected chi connectivity index (χ4v) is 4.00. The summed E-state index contributed by atoms with van der Waals surface area (Å²) in [5, 5.41) is 18.1. The van der Waals surface area contributed by atoms with Crippen molar-refractivity contribution in [1.29, 1.82) is 0 Å². The molecule has 0 aliphatic carbocycles. The molecule has 0 heterocycles. The quantitative estimate of drug-likeness (QED) is 0.233. The second kappa shape index (κ2) is 15.2. The molecule has 1 unspecified atom stereocenters. The molecule has 0 fully saturated rings. The van der Waals surface area contributed by atoms with Gasteiger partial charge in [0, 0.05) is 6.42 Å². The smallest absolute Gasteiger partial charge is 0.320 e. The van der Waals surface area contributed by atoms with Crippen LogP contribution in [0.5, 0.6) is 0 Å². The number of primary amides is 1. The monoisotopic (exact) mass is 504 g/mol. The number of nitrogens with one attached hydrogen (secondary N) is 3. The average Bonchev–Trinajstić information content (AvgIpc) is 2.76. The third kappa shape index (κ3) is 11.7. The van der Waals surface area contributed by atoms with Crippen molar-refractivity contribution in [3.63, 3.8) is 0 Å². The number of carboxylic acids is 1. The number of hydrogen-bond donors (Lipinski definition) is 5. The maximum atomic E-state index is 13.3. The number of nitrogens with two attached hydrogens (primary N) is 1. The molecule has 9 heteroatoms. The number of hydrogen-bond acceptors (Lipinski definition) is 5. The van der Waals surface area contributed by atoms with E-state index in [0.717, 1.165) is 5.56 Å². The van der Waals surface area contributed by atoms with Gasteiger partial charge >= 0.3 is 5.97 Å². The lowest BCUT2D eigenvalue weighted by molar-refractivity contribution is -0.140. The lowest BCUT2D eigenvalue weighted by Gasteiger charge is -2.28. The van der Waals surface area contributed by atoms with Gasteiger partial charge in [-0.2, -0.15) is 0 Å². The Labute approximate surface area is 215 Å². The van der Waals surface area contributed by atoms with Crippen molar-refractivity contribution in [2.24, 2.45) is 23.5 Å². The van der Waals surface area contributed by atoms with Crippen molar-refractivity contribution >= 4 is 23.7 Å². The van der Waals surface area contributed by atoms with Gasteiger partial charge in [0.05, 0.1) is 6.04 Å². The van der Waals surface area contributed by atoms with Crippen molar-refractivity contribution in [3.8, 4) is 0 Å². The minimum atomic E-state index is -1.02. The van der Waals surface area contributed by atoms with Gasteiger partial charge in [-0.05, 0) is 42.6 Å². The third-order valence-corrected chi connectivity index (χ3v) is 5.71. The molecule has 1 rings (SSSR count). The largest absolute Gasteiger partial charge is 0.480 e. The first-order valence-corrected chi connectivity index (χ1v) is 12.7. The fraction of sp³-hybridized carbons (Fsp3) is 0.630. The standard InChI is InChI=1S/C27H44N4O5/c1-16(2)12-21(29-23(27(35)36)14-18(5)6)25(33)31-22(13-17(3)4)26(34)30-20(24(28)32)15-19-10-8-7-9-11-19/h7-11,16-18,20-23,29H,12-15H2,1-6H3,(H2,28,32)(H,30,34)(H,31,33)(H,35,36)/t20-,21-,22-,23?/m0/s1. The van der Waals surface area contributed by atoms with Crippen LogP contribution in [0.4, 0.5) is 0 Å². The third-order valence-electron chi connectivity index (χ3n) is 5.71. The number of carbonyl (C=O) groups excluding carboxylic acids is 3. The summed E-state index contributed by atoms with van der Waals surface area (Å²) in [7, 11) is 0. The van der Waals surface area contributed by atoms with Crippen LogP contribution in [0.1, 0.15) is 66.4 Å². The van der Waals surface area contributed by atoms with E-state index in [1.807, 2.05) is 71.9 Å². The van der Waals surface area contributed by atoms with Crippen LogP contribution >= 0.6 is 0 Å². The molecule has 0 bridgehead atoms. The van der Waals surface area contributed by atoms with Gasteiger partial charge in [-0.15, -0.1) is 0 Å². The molecular weight excluding hydrogens is 460 g/mol. The summed E-state index contributed by atoms with van der Waals surface area (Å²) in [6, 6.07) is 5.70. The zero-order chi connectivity index (χ0) is 27.4. The van der Waals surface area contributed by atoms with Crippen LogP contribution in [0.15, 0.2) is 30.3 Å². The van der Waals surface area contributed by atoms with Crippen LogP contribution in [0.25, 0.3) is 0 Å². The molecule has 0 saturated carbocycles. The molecule has 1 aromatic carbocycles. The second-order valence-corrected chi connectivity index (χ2v) is 10.7. The molecule has 0 radical (unpaired) electrons. The van der Waals surface area contributed by atoms with E-state index >= 15 is 0 Å². The van der Waals surface area contributed by atoms with E-state index < -0.39 is 47.9 Å². The SMILES string of the molecule is CC(C)CC(N[C@@H](CC(C)C)C(=O)N[C@@H](CC(C)C)C(=O)N[C@@H](Cc1ccccc1)C(N)=O)C(=O)O. The lowest BCUT2D eigenvalue weighted by atomic mass is 9.97. The average molecular weight is 505 g/mol. The van der Waals surface area contributed by atoms with Crippen LogP contribution in [-0.4, -0.2) is 53.0 Å². The zero-order valence-electron chi connectivity index (χ0n) is 22.4. The van der Waals surface area contributed by atoms with Crippen LogP contribution in [-0.2, 0) is 25.6 Å². The van der Waals surface area contributed by atoms with Crippen molar-refractivity contribution in [2.75, 3.05) is 0 Å². The van der Waals surface area contributed by atoms with E-state index in [4.69, 9.17) is 5.73 Å². The van der Waals surface area contributed by atoms with E-state index in [2.05, 4.69) is 16.0 Å². The summed E-state index contributed by atoms with van der Waals surface area (Å²) >= 11 is 0. The molecular formula is C27H44N4O5. The maximum Gasteiger partial charge on any atom is 0.320 e. The minimum Gasteiger partial charge on any atom is -0.480 e. The Hall–Kier alpha value is -2.94. The van der Waals surface area contributed by atoms with E-state index in [-0.39, 0.29) is 24.2 Å². The Balaban J connectivity index is 3.05. The Bertz CT molecular complexity index is 857. The van der Waals surface area contributed by atoms with Crippen LogP contribution in [0.2, 0.25) is 0 Å². The molecule has 9 nitrogen and oxygen atoms in total. The molecule has 0 spiro atoms. The molecule has 4 atom stereocenters. The van der Waals surface area contributed by atoms with Crippen LogP contribution in [0, 0.1) is 17.8 Å². The first-order valence-electron chi connectivity index (χ1n) is 12.7. The van der Waals surface area contributed by atoms with Gasteiger partial charge in [0.1, 0.15) is 18.1 Å². The van der Waals surface area contributed by atoms with Gasteiger partial charge in [-0.25, -0.2) is 0 Å². The Morgan fingerprint density at radius 2 is 1.17 bits per heavy atom. The lowest BCUT2D eigenvalue weighted by Crippen LogP contribution is -2.58. The molecule has 0 aliphatic rings. The molecule has 0 aliphatic heterocycles. The summed E-state index contributed by atoms with van der Waals surface area (Å²) < 4.78 is 0. The zero-order valence-corrected chi connectivity index (χ0v) is 22.4. The maximum absolute atomic E-state index is 13.3. The second-order valence-electron chi connectivity index (χ2n) is 10.7. The van der Waals surface area contributed by atoms with Gasteiger partial charge in [0.15, 0.2) is 0 Å². The highest BCUT2D eigenvalue weighted by Crippen LogP contribution is 2.13. The molecule has 6 N–H and O–H groups in total. The van der Waals surface area contributed by atoms with E-state index in [1.165, 1.54) is 0 Å². The van der Waals surface area contributed by atoms with Gasteiger partial charge < -0.3 is 21.5 Å². The van der Waals surface area contributed by atoms with Gasteiger partial charge in [-0.3, -0.25) is 24.5 Å². The highest BCUT2D eigenvalue weighted by molar-refractivity contribution is 5.93.